The number of nitrogens with one attached hydrogen (secondary N) is 2. The number of amides is 2. The number of hydrogen-bond donors (Lipinski definition) is 2. The van der Waals surface area contributed by atoms with Crippen molar-refractivity contribution in [2.75, 3.05) is 11.5 Å². The molecule has 5 nitrogen and oxygen atoms in total. The molecule has 1 aliphatic carbocycles. The Kier molecular flexibility index (Phi) is 3.89. The monoisotopic (exact) mass is 308 g/mol. The smallest absolute Gasteiger partial charge is 0.315 e. The molecule has 1 fully saturated rings. The molecule has 1 heterocycles. The largest absolute Gasteiger partial charge is 0.334 e. The molecule has 21 heavy (non-hydrogen) atoms. The number of sulfone groups is 1. The lowest BCUT2D eigenvalue weighted by Gasteiger charge is -2.27. The number of hydrogen-bond acceptors (Lipinski definition) is 3. The Bertz CT molecular complexity index is 642. The molecule has 0 saturated carbocycles. The van der Waals surface area contributed by atoms with Crippen LogP contribution in [-0.4, -0.2) is 32.0 Å². The quantitative estimate of drug-likeness (QED) is 0.870. The number of urea groups is 1. The van der Waals surface area contributed by atoms with Gasteiger partial charge in [-0.1, -0.05) is 24.3 Å². The number of fused-ring (bicyclic) bond motifs is 1. The van der Waals surface area contributed by atoms with Gasteiger partial charge in [-0.25, -0.2) is 13.2 Å². The zero-order valence-electron chi connectivity index (χ0n) is 11.8. The van der Waals surface area contributed by atoms with Crippen molar-refractivity contribution in [1.82, 2.24) is 10.6 Å². The van der Waals surface area contributed by atoms with Gasteiger partial charge in [0.15, 0.2) is 9.84 Å². The second-order valence-electron chi connectivity index (χ2n) is 5.86. The van der Waals surface area contributed by atoms with E-state index in [1.165, 1.54) is 11.1 Å². The molecule has 3 rings (SSSR count). The summed E-state index contributed by atoms with van der Waals surface area (Å²) in [5.74, 6) is 0.228. The first-order chi connectivity index (χ1) is 10.0. The fourth-order valence-corrected chi connectivity index (χ4v) is 4.87. The Labute approximate surface area is 125 Å². The highest BCUT2D eigenvalue weighted by Gasteiger charge is 2.29. The number of rotatable bonds is 2. The first-order valence-electron chi connectivity index (χ1n) is 7.39. The van der Waals surface area contributed by atoms with Crippen LogP contribution >= 0.6 is 0 Å². The topological polar surface area (TPSA) is 75.3 Å². The predicted molar refractivity (Wildman–Crippen MR) is 80.8 cm³/mol. The average molecular weight is 308 g/mol. The zero-order chi connectivity index (χ0) is 14.9. The van der Waals surface area contributed by atoms with Gasteiger partial charge in [-0.2, -0.15) is 0 Å². The summed E-state index contributed by atoms with van der Waals surface area (Å²) in [6.45, 7) is 0. The molecular weight excluding hydrogens is 288 g/mol. The fourth-order valence-electron chi connectivity index (χ4n) is 3.20. The summed E-state index contributed by atoms with van der Waals surface area (Å²) in [6.07, 6.45) is 3.54. The van der Waals surface area contributed by atoms with Gasteiger partial charge in [-0.15, -0.1) is 0 Å². The van der Waals surface area contributed by atoms with Crippen LogP contribution in [0.25, 0.3) is 0 Å². The molecule has 2 N–H and O–H groups in total. The summed E-state index contributed by atoms with van der Waals surface area (Å²) in [6, 6.07) is 7.66. The Hall–Kier alpha value is -1.56. The summed E-state index contributed by atoms with van der Waals surface area (Å²) in [5.41, 5.74) is 2.47. The third-order valence-corrected chi connectivity index (χ3v) is 6.01. The van der Waals surface area contributed by atoms with Crippen molar-refractivity contribution >= 4 is 15.9 Å². The molecule has 2 unspecified atom stereocenters. The predicted octanol–water partition coefficient (Wildman–Crippen LogP) is 1.55. The van der Waals surface area contributed by atoms with Gasteiger partial charge in [0.2, 0.25) is 0 Å². The first kappa shape index (κ1) is 14.4. The van der Waals surface area contributed by atoms with E-state index >= 15 is 0 Å². The van der Waals surface area contributed by atoms with E-state index in [9.17, 15) is 13.2 Å². The Balaban J connectivity index is 1.61. The van der Waals surface area contributed by atoms with E-state index in [0.29, 0.717) is 6.42 Å². The fraction of sp³-hybridized carbons (Fsp3) is 0.533. The van der Waals surface area contributed by atoms with Crippen LogP contribution in [0.2, 0.25) is 0 Å². The molecule has 0 radical (unpaired) electrons. The van der Waals surface area contributed by atoms with Crippen molar-refractivity contribution in [2.24, 2.45) is 0 Å². The normalized spacial score (nSPS) is 26.9. The van der Waals surface area contributed by atoms with Crippen LogP contribution in [-0.2, 0) is 16.3 Å². The lowest BCUT2D eigenvalue weighted by atomic mass is 9.88. The first-order valence-corrected chi connectivity index (χ1v) is 9.21. The highest BCUT2D eigenvalue weighted by molar-refractivity contribution is 7.91. The second kappa shape index (κ2) is 5.67. The van der Waals surface area contributed by atoms with Gasteiger partial charge < -0.3 is 10.6 Å². The van der Waals surface area contributed by atoms with Crippen molar-refractivity contribution in [1.29, 1.82) is 0 Å². The number of carbonyl (C=O) groups is 1. The minimum absolute atomic E-state index is 0.0213. The van der Waals surface area contributed by atoms with E-state index in [0.717, 1.165) is 19.3 Å². The standard InChI is InChI=1S/C15H20N2O3S/c18-15(16-12-8-9-21(19,20)10-12)17-14-7-3-5-11-4-1-2-6-13(11)14/h1-2,4,6,12,14H,3,5,7-10H2,(H2,16,17,18). The van der Waals surface area contributed by atoms with Crippen LogP contribution < -0.4 is 10.6 Å². The molecule has 6 heteroatoms. The maximum Gasteiger partial charge on any atom is 0.315 e. The van der Waals surface area contributed by atoms with Gasteiger partial charge in [0.25, 0.3) is 0 Å². The molecule has 0 spiro atoms. The summed E-state index contributed by atoms with van der Waals surface area (Å²) >= 11 is 0. The van der Waals surface area contributed by atoms with E-state index in [-0.39, 0.29) is 29.6 Å². The molecule has 2 atom stereocenters. The molecule has 1 aromatic carbocycles. The molecule has 0 aromatic heterocycles. The molecule has 114 valence electrons. The van der Waals surface area contributed by atoms with E-state index in [2.05, 4.69) is 22.8 Å². The van der Waals surface area contributed by atoms with Gasteiger partial charge >= 0.3 is 6.03 Å². The minimum Gasteiger partial charge on any atom is -0.334 e. The zero-order valence-corrected chi connectivity index (χ0v) is 12.7. The van der Waals surface area contributed by atoms with Gasteiger partial charge in [-0.05, 0) is 36.8 Å². The van der Waals surface area contributed by atoms with Crippen molar-refractivity contribution in [3.8, 4) is 0 Å². The van der Waals surface area contributed by atoms with Crippen molar-refractivity contribution in [3.63, 3.8) is 0 Å². The summed E-state index contributed by atoms with van der Waals surface area (Å²) < 4.78 is 22.8. The van der Waals surface area contributed by atoms with E-state index in [4.69, 9.17) is 0 Å². The van der Waals surface area contributed by atoms with Crippen LogP contribution in [0.4, 0.5) is 4.79 Å². The van der Waals surface area contributed by atoms with Crippen molar-refractivity contribution in [2.45, 2.75) is 37.8 Å². The Morgan fingerprint density at radius 2 is 1.95 bits per heavy atom. The second-order valence-corrected chi connectivity index (χ2v) is 8.09. The highest BCUT2D eigenvalue weighted by Crippen LogP contribution is 2.29. The number of benzene rings is 1. The Morgan fingerprint density at radius 1 is 1.14 bits per heavy atom. The van der Waals surface area contributed by atoms with Gasteiger partial charge in [0.05, 0.1) is 17.5 Å². The van der Waals surface area contributed by atoms with Gasteiger partial charge in [0.1, 0.15) is 0 Å². The minimum atomic E-state index is -2.97. The van der Waals surface area contributed by atoms with Crippen LogP contribution in [0.3, 0.4) is 0 Å². The molecule has 1 aliphatic heterocycles. The lowest BCUT2D eigenvalue weighted by Crippen LogP contribution is -2.44. The number of aryl methyl sites for hydroxylation is 1. The number of carbonyl (C=O) groups excluding carboxylic acids is 1. The lowest BCUT2D eigenvalue weighted by molar-refractivity contribution is 0.232. The summed E-state index contributed by atoms with van der Waals surface area (Å²) in [5, 5.41) is 5.77. The summed E-state index contributed by atoms with van der Waals surface area (Å²) in [7, 11) is -2.97. The van der Waals surface area contributed by atoms with Crippen LogP contribution in [0.1, 0.15) is 36.4 Å². The van der Waals surface area contributed by atoms with E-state index in [1.54, 1.807) is 0 Å². The van der Waals surface area contributed by atoms with Crippen LogP contribution in [0.5, 0.6) is 0 Å². The van der Waals surface area contributed by atoms with Crippen molar-refractivity contribution < 1.29 is 13.2 Å². The van der Waals surface area contributed by atoms with E-state index in [1.807, 2.05) is 12.1 Å². The average Bonchev–Trinajstić information content (AvgIpc) is 2.78. The third-order valence-electron chi connectivity index (χ3n) is 4.24. The van der Waals surface area contributed by atoms with Crippen LogP contribution in [0, 0.1) is 0 Å². The third kappa shape index (κ3) is 3.37. The maximum atomic E-state index is 12.1. The Morgan fingerprint density at radius 3 is 2.71 bits per heavy atom. The molecule has 1 aromatic rings. The van der Waals surface area contributed by atoms with Gasteiger partial charge in [0, 0.05) is 6.04 Å². The summed E-state index contributed by atoms with van der Waals surface area (Å²) in [4.78, 5) is 12.1. The molecule has 2 amide bonds. The van der Waals surface area contributed by atoms with E-state index < -0.39 is 9.84 Å². The molecular formula is C15H20N2O3S. The molecule has 2 aliphatic rings. The van der Waals surface area contributed by atoms with Crippen LogP contribution in [0.15, 0.2) is 24.3 Å². The molecule has 0 bridgehead atoms. The highest BCUT2D eigenvalue weighted by atomic mass is 32.2. The van der Waals surface area contributed by atoms with Crippen molar-refractivity contribution in [3.05, 3.63) is 35.4 Å². The molecule has 1 saturated heterocycles. The maximum absolute atomic E-state index is 12.1. The SMILES string of the molecule is O=C(NC1CCS(=O)(=O)C1)NC1CCCc2ccccc21. The van der Waals surface area contributed by atoms with Gasteiger partial charge in [-0.3, -0.25) is 0 Å².